The van der Waals surface area contributed by atoms with Gasteiger partial charge in [0.2, 0.25) is 11.8 Å². The standard InChI is InChI=1S/C19H27NO2/c1-12(2)6-5-7-13(3)8-10-15-14(4)9-11-16-17(15)19(22)20-18(16)21/h6,8-9,15-17H,5,7,10-11H2,1-4H3,(H,20,21,22)/b13-8+. The first kappa shape index (κ1) is 16.7. The van der Waals surface area contributed by atoms with Crippen molar-refractivity contribution in [1.29, 1.82) is 0 Å². The van der Waals surface area contributed by atoms with E-state index in [9.17, 15) is 9.59 Å². The molecule has 1 saturated heterocycles. The molecule has 3 unspecified atom stereocenters. The molecule has 3 heteroatoms. The number of carbonyl (C=O) groups excluding carboxylic acids is 2. The van der Waals surface area contributed by atoms with Crippen molar-refractivity contribution in [2.75, 3.05) is 0 Å². The minimum atomic E-state index is -0.167. The molecule has 2 amide bonds. The summed E-state index contributed by atoms with van der Waals surface area (Å²) >= 11 is 0. The van der Waals surface area contributed by atoms with Gasteiger partial charge in [-0.05, 0) is 59.3 Å². The highest BCUT2D eigenvalue weighted by molar-refractivity contribution is 6.05. The molecule has 3 nitrogen and oxygen atoms in total. The zero-order valence-corrected chi connectivity index (χ0v) is 14.1. The van der Waals surface area contributed by atoms with E-state index in [4.69, 9.17) is 0 Å². The van der Waals surface area contributed by atoms with Crippen LogP contribution in [0.4, 0.5) is 0 Å². The van der Waals surface area contributed by atoms with Gasteiger partial charge < -0.3 is 0 Å². The monoisotopic (exact) mass is 301 g/mol. The Bertz CT molecular complexity index is 550. The van der Waals surface area contributed by atoms with Gasteiger partial charge in [0, 0.05) is 0 Å². The van der Waals surface area contributed by atoms with Gasteiger partial charge in [-0.15, -0.1) is 0 Å². The molecule has 0 saturated carbocycles. The van der Waals surface area contributed by atoms with Crippen molar-refractivity contribution in [3.05, 3.63) is 34.9 Å². The third-order valence-electron chi connectivity index (χ3n) is 4.84. The molecule has 0 bridgehead atoms. The van der Waals surface area contributed by atoms with Crippen molar-refractivity contribution < 1.29 is 9.59 Å². The van der Waals surface area contributed by atoms with Crippen molar-refractivity contribution in [2.45, 2.75) is 53.4 Å². The van der Waals surface area contributed by atoms with Crippen LogP contribution in [0.15, 0.2) is 34.9 Å². The predicted octanol–water partition coefficient (Wildman–Crippen LogP) is 3.92. The number of nitrogens with one attached hydrogen (secondary N) is 1. The van der Waals surface area contributed by atoms with Gasteiger partial charge >= 0.3 is 0 Å². The van der Waals surface area contributed by atoms with Gasteiger partial charge in [-0.25, -0.2) is 0 Å². The van der Waals surface area contributed by atoms with Gasteiger partial charge in [0.1, 0.15) is 0 Å². The Labute approximate surface area is 133 Å². The fourth-order valence-electron chi connectivity index (χ4n) is 3.46. The molecule has 22 heavy (non-hydrogen) atoms. The Kier molecular flexibility index (Phi) is 5.38. The first-order valence-electron chi connectivity index (χ1n) is 8.20. The maximum absolute atomic E-state index is 12.1. The predicted molar refractivity (Wildman–Crippen MR) is 89.0 cm³/mol. The Hall–Kier alpha value is -1.64. The lowest BCUT2D eigenvalue weighted by atomic mass is 9.72. The van der Waals surface area contributed by atoms with Crippen molar-refractivity contribution in [2.24, 2.45) is 17.8 Å². The average molecular weight is 301 g/mol. The van der Waals surface area contributed by atoms with Crippen LogP contribution in [0, 0.1) is 17.8 Å². The molecule has 1 aliphatic carbocycles. The summed E-state index contributed by atoms with van der Waals surface area (Å²) in [7, 11) is 0. The number of carbonyl (C=O) groups is 2. The Morgan fingerprint density at radius 1 is 1.23 bits per heavy atom. The van der Waals surface area contributed by atoms with Crippen molar-refractivity contribution in [1.82, 2.24) is 5.32 Å². The first-order chi connectivity index (χ1) is 10.4. The molecule has 1 fully saturated rings. The highest BCUT2D eigenvalue weighted by Gasteiger charge is 2.47. The number of hydrogen-bond donors (Lipinski definition) is 1. The van der Waals surface area contributed by atoms with E-state index < -0.39 is 0 Å². The van der Waals surface area contributed by atoms with Crippen LogP contribution in [0.5, 0.6) is 0 Å². The van der Waals surface area contributed by atoms with Gasteiger partial charge in [-0.2, -0.15) is 0 Å². The number of allylic oxidation sites excluding steroid dienone is 6. The summed E-state index contributed by atoms with van der Waals surface area (Å²) in [5.74, 6) is -0.320. The van der Waals surface area contributed by atoms with Gasteiger partial charge in [0.05, 0.1) is 11.8 Å². The second-order valence-corrected chi connectivity index (χ2v) is 6.88. The lowest BCUT2D eigenvalue weighted by Crippen LogP contribution is -2.30. The summed E-state index contributed by atoms with van der Waals surface area (Å²) < 4.78 is 0. The second-order valence-electron chi connectivity index (χ2n) is 6.88. The smallest absolute Gasteiger partial charge is 0.231 e. The lowest BCUT2D eigenvalue weighted by molar-refractivity contribution is -0.126. The largest absolute Gasteiger partial charge is 0.296 e. The molecule has 0 aromatic heterocycles. The fourth-order valence-corrected chi connectivity index (χ4v) is 3.46. The van der Waals surface area contributed by atoms with Gasteiger partial charge in [0.15, 0.2) is 0 Å². The summed E-state index contributed by atoms with van der Waals surface area (Å²) in [6, 6.07) is 0. The average Bonchev–Trinajstić information content (AvgIpc) is 2.72. The summed E-state index contributed by atoms with van der Waals surface area (Å²) in [6.45, 7) is 8.47. The number of hydrogen-bond acceptors (Lipinski definition) is 2. The molecular weight excluding hydrogens is 274 g/mol. The molecule has 1 aliphatic heterocycles. The third-order valence-corrected chi connectivity index (χ3v) is 4.84. The van der Waals surface area contributed by atoms with Crippen molar-refractivity contribution in [3.63, 3.8) is 0 Å². The number of fused-ring (bicyclic) bond motifs is 1. The van der Waals surface area contributed by atoms with Crippen LogP contribution in [-0.4, -0.2) is 11.8 Å². The van der Waals surface area contributed by atoms with E-state index in [1.54, 1.807) is 0 Å². The second kappa shape index (κ2) is 7.08. The van der Waals surface area contributed by atoms with E-state index in [-0.39, 0.29) is 29.6 Å². The molecule has 2 aliphatic rings. The lowest BCUT2D eigenvalue weighted by Gasteiger charge is -2.29. The number of rotatable bonds is 5. The molecule has 1 N–H and O–H groups in total. The maximum Gasteiger partial charge on any atom is 0.231 e. The molecule has 0 aromatic carbocycles. The van der Waals surface area contributed by atoms with E-state index in [1.165, 1.54) is 16.7 Å². The van der Waals surface area contributed by atoms with Gasteiger partial charge in [-0.3, -0.25) is 14.9 Å². The van der Waals surface area contributed by atoms with Crippen LogP contribution in [0.3, 0.4) is 0 Å². The maximum atomic E-state index is 12.1. The van der Waals surface area contributed by atoms with E-state index in [0.29, 0.717) is 6.42 Å². The summed E-state index contributed by atoms with van der Waals surface area (Å²) in [5, 5.41) is 2.50. The number of amides is 2. The van der Waals surface area contributed by atoms with Gasteiger partial charge in [-0.1, -0.05) is 34.9 Å². The summed E-state index contributed by atoms with van der Waals surface area (Å²) in [6.07, 6.45) is 10.3. The molecular formula is C19H27NO2. The first-order valence-corrected chi connectivity index (χ1v) is 8.20. The zero-order chi connectivity index (χ0) is 16.3. The quantitative estimate of drug-likeness (QED) is 0.618. The van der Waals surface area contributed by atoms with Crippen LogP contribution in [0.1, 0.15) is 53.4 Å². The third kappa shape index (κ3) is 3.76. The van der Waals surface area contributed by atoms with E-state index in [1.807, 2.05) is 0 Å². The van der Waals surface area contributed by atoms with Crippen molar-refractivity contribution in [3.8, 4) is 0 Å². The molecule has 2 rings (SSSR count). The van der Waals surface area contributed by atoms with Crippen LogP contribution < -0.4 is 5.32 Å². The van der Waals surface area contributed by atoms with Crippen LogP contribution in [0.2, 0.25) is 0 Å². The summed E-state index contributed by atoms with van der Waals surface area (Å²) in [5.41, 5.74) is 3.96. The minimum absolute atomic E-state index is 0.0805. The fraction of sp³-hybridized carbons (Fsp3) is 0.579. The van der Waals surface area contributed by atoms with Crippen LogP contribution in [-0.2, 0) is 9.59 Å². The normalized spacial score (nSPS) is 28.1. The van der Waals surface area contributed by atoms with Crippen LogP contribution >= 0.6 is 0 Å². The summed E-state index contributed by atoms with van der Waals surface area (Å²) in [4.78, 5) is 23.9. The molecule has 0 aromatic rings. The molecule has 1 heterocycles. The molecule has 0 spiro atoms. The van der Waals surface area contributed by atoms with E-state index in [2.05, 4.69) is 51.2 Å². The zero-order valence-electron chi connectivity index (χ0n) is 14.1. The number of imide groups is 1. The van der Waals surface area contributed by atoms with E-state index in [0.717, 1.165) is 19.3 Å². The molecule has 3 atom stereocenters. The molecule has 120 valence electrons. The van der Waals surface area contributed by atoms with Gasteiger partial charge in [0.25, 0.3) is 0 Å². The minimum Gasteiger partial charge on any atom is -0.296 e. The topological polar surface area (TPSA) is 46.2 Å². The van der Waals surface area contributed by atoms with E-state index >= 15 is 0 Å². The molecule has 0 radical (unpaired) electrons. The van der Waals surface area contributed by atoms with Crippen LogP contribution in [0.25, 0.3) is 0 Å². The highest BCUT2D eigenvalue weighted by Crippen LogP contribution is 2.40. The Morgan fingerprint density at radius 3 is 2.64 bits per heavy atom. The Balaban J connectivity index is 2.02. The SMILES string of the molecule is CC(C)=CCC/C(C)=C/CC1C(C)=CCC2C(=O)NC(=O)C21. The van der Waals surface area contributed by atoms with Crippen molar-refractivity contribution >= 4 is 11.8 Å². The Morgan fingerprint density at radius 2 is 1.95 bits per heavy atom. The highest BCUT2D eigenvalue weighted by atomic mass is 16.2.